The number of hydrogen-bond acceptors (Lipinski definition) is 3. The first-order valence-electron chi connectivity index (χ1n) is 8.51. The summed E-state index contributed by atoms with van der Waals surface area (Å²) in [6, 6.07) is 6.68. The van der Waals surface area contributed by atoms with Crippen molar-refractivity contribution in [3.63, 3.8) is 0 Å². The van der Waals surface area contributed by atoms with Crippen LogP contribution in [0.4, 0.5) is 4.39 Å². The van der Waals surface area contributed by atoms with Crippen LogP contribution in [0.25, 0.3) is 0 Å². The molecule has 1 amide bonds. The normalized spacial score (nSPS) is 18.0. The van der Waals surface area contributed by atoms with E-state index in [0.29, 0.717) is 22.9 Å². The van der Waals surface area contributed by atoms with Gasteiger partial charge in [-0.3, -0.25) is 4.79 Å². The summed E-state index contributed by atoms with van der Waals surface area (Å²) >= 11 is 0. The zero-order valence-corrected chi connectivity index (χ0v) is 14.2. The van der Waals surface area contributed by atoms with Crippen LogP contribution < -0.4 is 0 Å². The lowest BCUT2D eigenvalue weighted by Crippen LogP contribution is -2.40. The summed E-state index contributed by atoms with van der Waals surface area (Å²) in [7, 11) is 0. The van der Waals surface area contributed by atoms with Gasteiger partial charge in [0.2, 0.25) is 0 Å². The number of halogens is 1. The quantitative estimate of drug-likeness (QED) is 0.854. The summed E-state index contributed by atoms with van der Waals surface area (Å²) in [6.07, 6.45) is 4.07. The number of carbonyl (C=O) groups is 1. The van der Waals surface area contributed by atoms with E-state index in [4.69, 9.17) is 4.52 Å². The Morgan fingerprint density at radius 3 is 2.75 bits per heavy atom. The van der Waals surface area contributed by atoms with E-state index in [1.54, 1.807) is 13.8 Å². The molecule has 2 aromatic rings. The summed E-state index contributed by atoms with van der Waals surface area (Å²) in [5, 5.41) is 3.88. The molecule has 1 aliphatic heterocycles. The van der Waals surface area contributed by atoms with Crippen molar-refractivity contribution in [3.05, 3.63) is 52.7 Å². The van der Waals surface area contributed by atoms with Gasteiger partial charge in [0.1, 0.15) is 17.1 Å². The lowest BCUT2D eigenvalue weighted by Gasteiger charge is -2.33. The third-order valence-electron chi connectivity index (χ3n) is 4.81. The Balaban J connectivity index is 1.60. The standard InChI is InChI=1S/C19H23FN2O2/c1-13-18(14(2)24-21-13)19(23)22-11-3-4-16(12-22)6-5-15-7-9-17(20)10-8-15/h7-10,16H,3-6,11-12H2,1-2H3/t16-/m1/s1. The van der Waals surface area contributed by atoms with Gasteiger partial charge in [0, 0.05) is 13.1 Å². The fourth-order valence-corrected chi connectivity index (χ4v) is 3.45. The summed E-state index contributed by atoms with van der Waals surface area (Å²) in [5.74, 6) is 0.893. The first kappa shape index (κ1) is 16.7. The first-order chi connectivity index (χ1) is 11.5. The van der Waals surface area contributed by atoms with Gasteiger partial charge in [-0.05, 0) is 63.1 Å². The van der Waals surface area contributed by atoms with Crippen LogP contribution in [-0.4, -0.2) is 29.1 Å². The van der Waals surface area contributed by atoms with E-state index in [-0.39, 0.29) is 11.7 Å². The predicted molar refractivity (Wildman–Crippen MR) is 89.3 cm³/mol. The van der Waals surface area contributed by atoms with Gasteiger partial charge in [0.15, 0.2) is 0 Å². The van der Waals surface area contributed by atoms with Gasteiger partial charge in [-0.2, -0.15) is 0 Å². The molecule has 0 N–H and O–H groups in total. The highest BCUT2D eigenvalue weighted by Gasteiger charge is 2.28. The maximum Gasteiger partial charge on any atom is 0.259 e. The minimum absolute atomic E-state index is 0.0257. The minimum Gasteiger partial charge on any atom is -0.361 e. The van der Waals surface area contributed by atoms with E-state index >= 15 is 0 Å². The molecular weight excluding hydrogens is 307 g/mol. The van der Waals surface area contributed by atoms with Crippen LogP contribution in [0.5, 0.6) is 0 Å². The molecule has 0 bridgehead atoms. The zero-order valence-electron chi connectivity index (χ0n) is 14.2. The Labute approximate surface area is 141 Å². The van der Waals surface area contributed by atoms with Gasteiger partial charge in [0.05, 0.1) is 5.69 Å². The molecule has 1 atom stereocenters. The molecule has 1 aromatic carbocycles. The number of rotatable bonds is 4. The molecule has 2 heterocycles. The molecule has 3 rings (SSSR count). The number of aromatic nitrogens is 1. The number of nitrogens with zero attached hydrogens (tertiary/aromatic N) is 2. The zero-order chi connectivity index (χ0) is 17.1. The van der Waals surface area contributed by atoms with Gasteiger partial charge in [0.25, 0.3) is 5.91 Å². The Hall–Kier alpha value is -2.17. The molecule has 0 saturated carbocycles. The molecule has 1 aromatic heterocycles. The molecule has 1 fully saturated rings. The number of piperidine rings is 1. The van der Waals surface area contributed by atoms with Crippen molar-refractivity contribution in [3.8, 4) is 0 Å². The molecule has 0 spiro atoms. The maximum absolute atomic E-state index is 13.0. The average molecular weight is 330 g/mol. The second kappa shape index (κ2) is 7.16. The third kappa shape index (κ3) is 3.66. The Morgan fingerprint density at radius 2 is 2.08 bits per heavy atom. The highest BCUT2D eigenvalue weighted by atomic mass is 19.1. The Kier molecular flexibility index (Phi) is 4.97. The number of likely N-dealkylation sites (tertiary alicyclic amines) is 1. The van der Waals surface area contributed by atoms with E-state index in [9.17, 15) is 9.18 Å². The first-order valence-corrected chi connectivity index (χ1v) is 8.51. The van der Waals surface area contributed by atoms with E-state index in [2.05, 4.69) is 5.16 Å². The number of hydrogen-bond donors (Lipinski definition) is 0. The van der Waals surface area contributed by atoms with Crippen LogP contribution in [0.1, 0.15) is 46.6 Å². The van der Waals surface area contributed by atoms with E-state index < -0.39 is 0 Å². The van der Waals surface area contributed by atoms with Gasteiger partial charge < -0.3 is 9.42 Å². The van der Waals surface area contributed by atoms with Crippen molar-refractivity contribution >= 4 is 5.91 Å². The lowest BCUT2D eigenvalue weighted by atomic mass is 9.91. The van der Waals surface area contributed by atoms with E-state index in [1.807, 2.05) is 17.0 Å². The van der Waals surface area contributed by atoms with Crippen molar-refractivity contribution in [2.75, 3.05) is 13.1 Å². The van der Waals surface area contributed by atoms with Crippen LogP contribution in [0.3, 0.4) is 0 Å². The number of carbonyl (C=O) groups excluding carboxylic acids is 1. The Bertz CT molecular complexity index is 689. The maximum atomic E-state index is 13.0. The molecule has 0 aliphatic carbocycles. The number of amides is 1. The van der Waals surface area contributed by atoms with E-state index in [1.165, 1.54) is 12.1 Å². The molecule has 0 unspecified atom stereocenters. The Morgan fingerprint density at radius 1 is 1.33 bits per heavy atom. The summed E-state index contributed by atoms with van der Waals surface area (Å²) < 4.78 is 18.1. The smallest absolute Gasteiger partial charge is 0.259 e. The van der Waals surface area contributed by atoms with Gasteiger partial charge >= 0.3 is 0 Å². The fourth-order valence-electron chi connectivity index (χ4n) is 3.45. The highest BCUT2D eigenvalue weighted by Crippen LogP contribution is 2.24. The van der Waals surface area contributed by atoms with Crippen LogP contribution >= 0.6 is 0 Å². The second-order valence-corrected chi connectivity index (χ2v) is 6.62. The second-order valence-electron chi connectivity index (χ2n) is 6.62. The van der Waals surface area contributed by atoms with E-state index in [0.717, 1.165) is 44.3 Å². The molecule has 1 aliphatic rings. The third-order valence-corrected chi connectivity index (χ3v) is 4.81. The highest BCUT2D eigenvalue weighted by molar-refractivity contribution is 5.96. The molecule has 1 saturated heterocycles. The molecule has 0 radical (unpaired) electrons. The topological polar surface area (TPSA) is 46.3 Å². The van der Waals surface area contributed by atoms with Gasteiger partial charge in [-0.15, -0.1) is 0 Å². The van der Waals surface area contributed by atoms with Crippen molar-refractivity contribution in [2.45, 2.75) is 39.5 Å². The summed E-state index contributed by atoms with van der Waals surface area (Å²) in [5.41, 5.74) is 2.41. The van der Waals surface area contributed by atoms with Crippen LogP contribution in [0.15, 0.2) is 28.8 Å². The van der Waals surface area contributed by atoms with Crippen molar-refractivity contribution in [1.82, 2.24) is 10.1 Å². The SMILES string of the molecule is Cc1noc(C)c1C(=O)N1CCC[C@H](CCc2ccc(F)cc2)C1. The molecule has 5 heteroatoms. The summed E-state index contributed by atoms with van der Waals surface area (Å²) in [4.78, 5) is 14.7. The number of aryl methyl sites for hydroxylation is 3. The van der Waals surface area contributed by atoms with Crippen molar-refractivity contribution in [1.29, 1.82) is 0 Å². The van der Waals surface area contributed by atoms with Crippen molar-refractivity contribution < 1.29 is 13.7 Å². The van der Waals surface area contributed by atoms with Gasteiger partial charge in [-0.1, -0.05) is 17.3 Å². The van der Waals surface area contributed by atoms with Crippen LogP contribution in [0.2, 0.25) is 0 Å². The fraction of sp³-hybridized carbons (Fsp3) is 0.474. The predicted octanol–water partition coefficient (Wildman–Crippen LogP) is 3.92. The molecule has 24 heavy (non-hydrogen) atoms. The minimum atomic E-state index is -0.201. The largest absolute Gasteiger partial charge is 0.361 e. The van der Waals surface area contributed by atoms with Crippen molar-refractivity contribution in [2.24, 2.45) is 5.92 Å². The average Bonchev–Trinajstić information content (AvgIpc) is 2.93. The van der Waals surface area contributed by atoms with Crippen LogP contribution in [-0.2, 0) is 6.42 Å². The van der Waals surface area contributed by atoms with Gasteiger partial charge in [-0.25, -0.2) is 4.39 Å². The van der Waals surface area contributed by atoms with Crippen LogP contribution in [0, 0.1) is 25.6 Å². The lowest BCUT2D eigenvalue weighted by molar-refractivity contribution is 0.0666. The molecule has 128 valence electrons. The summed E-state index contributed by atoms with van der Waals surface area (Å²) in [6.45, 7) is 5.14. The monoisotopic (exact) mass is 330 g/mol. The molecule has 4 nitrogen and oxygen atoms in total. The molecular formula is C19H23FN2O2. The number of benzene rings is 1.